The lowest BCUT2D eigenvalue weighted by atomic mass is 10.2. The topological polar surface area (TPSA) is 37.3 Å². The highest BCUT2D eigenvalue weighted by atomic mass is 31.2. The Morgan fingerprint density at radius 2 is 2.14 bits per heavy atom. The third-order valence-electron chi connectivity index (χ3n) is 2.13. The van der Waals surface area contributed by atoms with Gasteiger partial charge in [-0.2, -0.15) is 0 Å². The van der Waals surface area contributed by atoms with Gasteiger partial charge in [-0.15, -0.1) is 6.58 Å². The van der Waals surface area contributed by atoms with Crippen LogP contribution in [0.15, 0.2) is 36.9 Å². The molecule has 1 aromatic rings. The average molecular weight is 210 g/mol. The van der Waals surface area contributed by atoms with Crippen LogP contribution >= 0.6 is 7.37 Å². The fourth-order valence-corrected chi connectivity index (χ4v) is 3.06. The maximum Gasteiger partial charge on any atom is 0.230 e. The molecule has 0 aliphatic carbocycles. The molecule has 0 spiro atoms. The fraction of sp³-hybridized carbons (Fsp3) is 0.273. The molecule has 1 rings (SSSR count). The molecule has 14 heavy (non-hydrogen) atoms. The maximum atomic E-state index is 11.9. The van der Waals surface area contributed by atoms with Gasteiger partial charge in [-0.3, -0.25) is 4.57 Å². The molecule has 0 heterocycles. The van der Waals surface area contributed by atoms with Gasteiger partial charge in [0.1, 0.15) is 0 Å². The first-order valence-corrected chi connectivity index (χ1v) is 6.41. The van der Waals surface area contributed by atoms with Gasteiger partial charge >= 0.3 is 0 Å². The van der Waals surface area contributed by atoms with Crippen molar-refractivity contribution in [3.8, 4) is 0 Å². The van der Waals surface area contributed by atoms with Gasteiger partial charge in [-0.1, -0.05) is 24.3 Å². The summed E-state index contributed by atoms with van der Waals surface area (Å²) in [7, 11) is -3.17. The van der Waals surface area contributed by atoms with E-state index in [1.54, 1.807) is 18.2 Å². The molecule has 0 aromatic heterocycles. The van der Waals surface area contributed by atoms with Crippen molar-refractivity contribution in [1.29, 1.82) is 0 Å². The third kappa shape index (κ3) is 2.57. The minimum atomic E-state index is -3.17. The number of rotatable bonds is 4. The van der Waals surface area contributed by atoms with Crippen LogP contribution in [0.2, 0.25) is 0 Å². The Labute approximate surface area is 84.7 Å². The maximum absolute atomic E-state index is 11.9. The molecular weight excluding hydrogens is 195 g/mol. The molecule has 0 aliphatic rings. The number of hydrogen-bond acceptors (Lipinski definition) is 1. The predicted molar refractivity (Wildman–Crippen MR) is 60.3 cm³/mol. The molecule has 1 atom stereocenters. The smallest absolute Gasteiger partial charge is 0.230 e. The summed E-state index contributed by atoms with van der Waals surface area (Å²) in [4.78, 5) is 9.81. The molecule has 0 saturated carbocycles. The van der Waals surface area contributed by atoms with Crippen molar-refractivity contribution in [2.24, 2.45) is 0 Å². The van der Waals surface area contributed by atoms with E-state index in [-0.39, 0.29) is 6.16 Å². The van der Waals surface area contributed by atoms with E-state index >= 15 is 0 Å². The van der Waals surface area contributed by atoms with E-state index in [1.807, 2.05) is 19.1 Å². The van der Waals surface area contributed by atoms with Crippen LogP contribution in [0.3, 0.4) is 0 Å². The van der Waals surface area contributed by atoms with Crippen LogP contribution in [0.5, 0.6) is 0 Å². The number of hydrogen-bond donors (Lipinski definition) is 1. The van der Waals surface area contributed by atoms with E-state index in [0.717, 1.165) is 5.56 Å². The minimum absolute atomic E-state index is 0.279. The van der Waals surface area contributed by atoms with Crippen LogP contribution in [0, 0.1) is 6.92 Å². The van der Waals surface area contributed by atoms with Gasteiger partial charge in [0, 0.05) is 11.5 Å². The quantitative estimate of drug-likeness (QED) is 0.612. The molecule has 0 amide bonds. The molecule has 1 unspecified atom stereocenters. The summed E-state index contributed by atoms with van der Waals surface area (Å²) in [6.45, 7) is 5.40. The van der Waals surface area contributed by atoms with E-state index < -0.39 is 7.37 Å². The Morgan fingerprint density at radius 1 is 1.50 bits per heavy atom. The van der Waals surface area contributed by atoms with Gasteiger partial charge in [0.25, 0.3) is 0 Å². The number of aryl methyl sites for hydroxylation is 1. The normalized spacial score (nSPS) is 14.7. The van der Waals surface area contributed by atoms with Crippen LogP contribution in [0.25, 0.3) is 0 Å². The molecule has 0 radical (unpaired) electrons. The summed E-state index contributed by atoms with van der Waals surface area (Å²) in [5.41, 5.74) is 0.877. The van der Waals surface area contributed by atoms with Crippen LogP contribution in [0.4, 0.5) is 0 Å². The summed E-state index contributed by atoms with van der Waals surface area (Å²) in [5, 5.41) is 0.571. The predicted octanol–water partition coefficient (Wildman–Crippen LogP) is 2.47. The Bertz CT molecular complexity index is 371. The first-order valence-electron chi connectivity index (χ1n) is 4.57. The zero-order valence-corrected chi connectivity index (χ0v) is 9.21. The largest absolute Gasteiger partial charge is 0.341 e. The van der Waals surface area contributed by atoms with Crippen molar-refractivity contribution in [2.45, 2.75) is 13.3 Å². The SMILES string of the molecule is C=CCCP(=O)(O)c1ccccc1C. The lowest BCUT2D eigenvalue weighted by Crippen LogP contribution is -2.10. The molecule has 76 valence electrons. The van der Waals surface area contributed by atoms with Crippen LogP contribution in [0.1, 0.15) is 12.0 Å². The second-order valence-corrected chi connectivity index (χ2v) is 5.62. The number of benzene rings is 1. The highest BCUT2D eigenvalue weighted by molar-refractivity contribution is 7.66. The molecule has 1 aromatic carbocycles. The Morgan fingerprint density at radius 3 is 2.71 bits per heavy atom. The second-order valence-electron chi connectivity index (χ2n) is 3.29. The van der Waals surface area contributed by atoms with Crippen molar-refractivity contribution in [3.05, 3.63) is 42.5 Å². The standard InChI is InChI=1S/C11H15O2P/c1-3-4-9-14(12,13)11-8-6-5-7-10(11)2/h3,5-8H,1,4,9H2,2H3,(H,12,13). The van der Waals surface area contributed by atoms with Gasteiger partial charge in [0.05, 0.1) is 0 Å². The summed E-state index contributed by atoms with van der Waals surface area (Å²) >= 11 is 0. The van der Waals surface area contributed by atoms with Gasteiger partial charge in [-0.25, -0.2) is 0 Å². The van der Waals surface area contributed by atoms with Crippen molar-refractivity contribution in [2.75, 3.05) is 6.16 Å². The van der Waals surface area contributed by atoms with E-state index in [1.165, 1.54) is 0 Å². The lowest BCUT2D eigenvalue weighted by molar-refractivity contribution is 0.489. The van der Waals surface area contributed by atoms with Gasteiger partial charge < -0.3 is 4.89 Å². The van der Waals surface area contributed by atoms with Crippen molar-refractivity contribution < 1.29 is 9.46 Å². The highest BCUT2D eigenvalue weighted by Crippen LogP contribution is 2.40. The summed E-state index contributed by atoms with van der Waals surface area (Å²) in [6, 6.07) is 7.23. The van der Waals surface area contributed by atoms with E-state index in [4.69, 9.17) is 0 Å². The first-order chi connectivity index (χ1) is 6.58. The van der Waals surface area contributed by atoms with E-state index in [9.17, 15) is 9.46 Å². The van der Waals surface area contributed by atoms with E-state index in [2.05, 4.69) is 6.58 Å². The van der Waals surface area contributed by atoms with Crippen molar-refractivity contribution >= 4 is 12.7 Å². The van der Waals surface area contributed by atoms with Crippen LogP contribution < -0.4 is 5.30 Å². The first kappa shape index (κ1) is 11.2. The summed E-state index contributed by atoms with van der Waals surface area (Å²) in [5.74, 6) is 0. The number of allylic oxidation sites excluding steroid dienone is 1. The Hall–Kier alpha value is -0.850. The Kier molecular flexibility index (Phi) is 3.68. The fourth-order valence-electron chi connectivity index (χ4n) is 1.34. The Balaban J connectivity index is 2.97. The summed E-state index contributed by atoms with van der Waals surface area (Å²) in [6.07, 6.45) is 2.52. The molecule has 2 nitrogen and oxygen atoms in total. The second kappa shape index (κ2) is 4.59. The van der Waals surface area contributed by atoms with Gasteiger partial charge in [0.15, 0.2) is 0 Å². The molecule has 0 aliphatic heterocycles. The molecule has 0 bridgehead atoms. The molecular formula is C11H15O2P. The van der Waals surface area contributed by atoms with Gasteiger partial charge in [-0.05, 0) is 25.0 Å². The molecule has 0 fully saturated rings. The molecule has 1 N–H and O–H groups in total. The van der Waals surface area contributed by atoms with Crippen LogP contribution in [-0.4, -0.2) is 11.1 Å². The minimum Gasteiger partial charge on any atom is -0.341 e. The molecule has 3 heteroatoms. The molecule has 0 saturated heterocycles. The van der Waals surface area contributed by atoms with E-state index in [0.29, 0.717) is 11.7 Å². The van der Waals surface area contributed by atoms with Crippen molar-refractivity contribution in [1.82, 2.24) is 0 Å². The van der Waals surface area contributed by atoms with Crippen molar-refractivity contribution in [3.63, 3.8) is 0 Å². The van der Waals surface area contributed by atoms with Gasteiger partial charge in [0.2, 0.25) is 7.37 Å². The lowest BCUT2D eigenvalue weighted by Gasteiger charge is -2.12. The monoisotopic (exact) mass is 210 g/mol. The zero-order valence-electron chi connectivity index (χ0n) is 8.31. The summed E-state index contributed by atoms with van der Waals surface area (Å²) < 4.78 is 11.9. The average Bonchev–Trinajstić information content (AvgIpc) is 2.15. The van der Waals surface area contributed by atoms with Crippen LogP contribution in [-0.2, 0) is 4.57 Å². The zero-order chi connectivity index (χ0) is 10.6. The third-order valence-corrected chi connectivity index (χ3v) is 4.25. The highest BCUT2D eigenvalue weighted by Gasteiger charge is 2.21.